The minimum absolute atomic E-state index is 0.412. The molecule has 0 aliphatic heterocycles. The third-order valence-electron chi connectivity index (χ3n) is 2.00. The molecule has 6 heteroatoms. The molecule has 104 valence electrons. The van der Waals surface area contributed by atoms with Gasteiger partial charge in [0.15, 0.2) is 5.82 Å². The number of aryl methyl sites for hydroxylation is 1. The predicted octanol–water partition coefficient (Wildman–Crippen LogP) is 1.27. The summed E-state index contributed by atoms with van der Waals surface area (Å²) in [6.07, 6.45) is 1.84. The maximum absolute atomic E-state index is 11.3. The number of nitrogens with two attached hydrogens (primary N) is 1. The molecule has 6 nitrogen and oxygen atoms in total. The number of nitrogens with zero attached hydrogens (tertiary/aromatic N) is 2. The first-order chi connectivity index (χ1) is 8.78. The third-order valence-corrected chi connectivity index (χ3v) is 2.00. The second-order valence-corrected chi connectivity index (χ2v) is 5.08. The molecule has 0 spiro atoms. The molecule has 1 aromatic heterocycles. The number of rotatable bonds is 2. The molecule has 0 saturated carbocycles. The van der Waals surface area contributed by atoms with Crippen LogP contribution < -0.4 is 11.1 Å². The lowest BCUT2D eigenvalue weighted by Gasteiger charge is -2.19. The van der Waals surface area contributed by atoms with E-state index in [1.165, 1.54) is 0 Å². The van der Waals surface area contributed by atoms with E-state index < -0.39 is 11.7 Å². The maximum Gasteiger partial charge on any atom is 0.407 e. The minimum Gasteiger partial charge on any atom is -0.444 e. The highest BCUT2D eigenvalue weighted by Gasteiger charge is 2.15. The first kappa shape index (κ1) is 14.9. The molecule has 0 aliphatic rings. The molecule has 1 rings (SSSR count). The second kappa shape index (κ2) is 6.14. The van der Waals surface area contributed by atoms with Crippen LogP contribution in [0.25, 0.3) is 0 Å². The maximum atomic E-state index is 11.3. The van der Waals surface area contributed by atoms with E-state index in [2.05, 4.69) is 22.3 Å². The lowest BCUT2D eigenvalue weighted by atomic mass is 10.2. The van der Waals surface area contributed by atoms with Gasteiger partial charge in [0.1, 0.15) is 5.60 Å². The van der Waals surface area contributed by atoms with E-state index in [0.717, 1.165) is 0 Å². The van der Waals surface area contributed by atoms with Gasteiger partial charge in [-0.2, -0.15) is 5.10 Å². The number of aromatic nitrogens is 2. The Morgan fingerprint density at radius 3 is 2.79 bits per heavy atom. The van der Waals surface area contributed by atoms with Gasteiger partial charge in [-0.3, -0.25) is 4.68 Å². The highest BCUT2D eigenvalue weighted by Crippen LogP contribution is 2.06. The lowest BCUT2D eigenvalue weighted by Crippen LogP contribution is -2.32. The van der Waals surface area contributed by atoms with Gasteiger partial charge in [-0.25, -0.2) is 4.79 Å². The van der Waals surface area contributed by atoms with E-state index in [1.54, 1.807) is 17.9 Å². The predicted molar refractivity (Wildman–Crippen MR) is 73.4 cm³/mol. The Morgan fingerprint density at radius 1 is 1.58 bits per heavy atom. The van der Waals surface area contributed by atoms with E-state index in [4.69, 9.17) is 10.5 Å². The first-order valence-electron chi connectivity index (χ1n) is 6.03. The number of hydrogen-bond acceptors (Lipinski definition) is 4. The van der Waals surface area contributed by atoms with Gasteiger partial charge in [-0.1, -0.05) is 11.8 Å². The molecule has 0 aromatic carbocycles. The number of nitrogen functional groups attached to an aromatic ring is 1. The fourth-order valence-electron chi connectivity index (χ4n) is 1.30. The van der Waals surface area contributed by atoms with Crippen molar-refractivity contribution in [3.63, 3.8) is 0 Å². The lowest BCUT2D eigenvalue weighted by molar-refractivity contribution is 0.0529. The van der Waals surface area contributed by atoms with Crippen LogP contribution in [0.15, 0.2) is 6.20 Å². The van der Waals surface area contributed by atoms with Crippen molar-refractivity contribution in [3.05, 3.63) is 11.8 Å². The summed E-state index contributed by atoms with van der Waals surface area (Å²) in [6.45, 7) is 5.88. The summed E-state index contributed by atoms with van der Waals surface area (Å²) in [5, 5.41) is 6.61. The summed E-state index contributed by atoms with van der Waals surface area (Å²) in [7, 11) is 1.78. The minimum atomic E-state index is -0.486. The summed E-state index contributed by atoms with van der Waals surface area (Å²) < 4.78 is 6.70. The summed E-state index contributed by atoms with van der Waals surface area (Å²) in [5.41, 5.74) is 5.86. The number of amides is 1. The summed E-state index contributed by atoms with van der Waals surface area (Å²) >= 11 is 0. The quantitative estimate of drug-likeness (QED) is 0.622. The van der Waals surface area contributed by atoms with Crippen LogP contribution in [0.1, 0.15) is 32.8 Å². The van der Waals surface area contributed by atoms with E-state index in [-0.39, 0.29) is 0 Å². The molecule has 0 atom stereocenters. The van der Waals surface area contributed by atoms with Gasteiger partial charge < -0.3 is 15.8 Å². The van der Waals surface area contributed by atoms with Crippen molar-refractivity contribution < 1.29 is 9.53 Å². The molecule has 0 bridgehead atoms. The SMILES string of the molecule is Cn1cc(C#CCCNC(=O)OC(C)(C)C)c(N)n1. The number of carbonyl (C=O) groups excluding carboxylic acids is 1. The molecular weight excluding hydrogens is 244 g/mol. The fraction of sp³-hybridized carbons (Fsp3) is 0.538. The van der Waals surface area contributed by atoms with Gasteiger partial charge in [-0.15, -0.1) is 0 Å². The average Bonchev–Trinajstić information content (AvgIpc) is 2.54. The van der Waals surface area contributed by atoms with Crippen LogP contribution in [0.5, 0.6) is 0 Å². The van der Waals surface area contributed by atoms with Gasteiger partial charge in [0.2, 0.25) is 0 Å². The van der Waals surface area contributed by atoms with E-state index in [1.807, 2.05) is 20.8 Å². The normalized spacial score (nSPS) is 10.5. The zero-order valence-electron chi connectivity index (χ0n) is 11.8. The zero-order valence-corrected chi connectivity index (χ0v) is 11.8. The summed E-state index contributed by atoms with van der Waals surface area (Å²) in [5.74, 6) is 6.24. The number of carbonyl (C=O) groups is 1. The van der Waals surface area contributed by atoms with Crippen molar-refractivity contribution in [3.8, 4) is 11.8 Å². The Morgan fingerprint density at radius 2 is 2.26 bits per heavy atom. The molecule has 0 radical (unpaired) electrons. The average molecular weight is 264 g/mol. The highest BCUT2D eigenvalue weighted by molar-refractivity contribution is 5.67. The van der Waals surface area contributed by atoms with Crippen LogP contribution in [-0.2, 0) is 11.8 Å². The molecule has 0 aliphatic carbocycles. The topological polar surface area (TPSA) is 82.2 Å². The molecule has 1 amide bonds. The third kappa shape index (κ3) is 5.82. The van der Waals surface area contributed by atoms with Gasteiger partial charge in [0, 0.05) is 26.2 Å². The Kier molecular flexibility index (Phi) is 4.81. The van der Waals surface area contributed by atoms with Gasteiger partial charge >= 0.3 is 6.09 Å². The molecule has 0 saturated heterocycles. The number of alkyl carbamates (subject to hydrolysis) is 1. The number of hydrogen-bond donors (Lipinski definition) is 2. The molecular formula is C13H20N4O2. The Labute approximate surface area is 113 Å². The van der Waals surface area contributed by atoms with Crippen molar-refractivity contribution in [1.29, 1.82) is 0 Å². The van der Waals surface area contributed by atoms with Crippen molar-refractivity contribution in [2.24, 2.45) is 7.05 Å². The molecule has 1 heterocycles. The van der Waals surface area contributed by atoms with E-state index >= 15 is 0 Å². The van der Waals surface area contributed by atoms with Gasteiger partial charge in [0.05, 0.1) is 5.56 Å². The molecule has 0 unspecified atom stereocenters. The fourth-order valence-corrected chi connectivity index (χ4v) is 1.30. The highest BCUT2D eigenvalue weighted by atomic mass is 16.6. The van der Waals surface area contributed by atoms with Crippen LogP contribution >= 0.6 is 0 Å². The van der Waals surface area contributed by atoms with Crippen molar-refractivity contribution in [2.75, 3.05) is 12.3 Å². The number of nitrogens with one attached hydrogen (secondary N) is 1. The summed E-state index contributed by atoms with van der Waals surface area (Å²) in [6, 6.07) is 0. The molecule has 0 fully saturated rings. The van der Waals surface area contributed by atoms with Crippen LogP contribution in [-0.4, -0.2) is 28.0 Å². The summed E-state index contributed by atoms with van der Waals surface area (Å²) in [4.78, 5) is 11.3. The van der Waals surface area contributed by atoms with Gasteiger partial charge in [-0.05, 0) is 20.8 Å². The van der Waals surface area contributed by atoms with E-state index in [0.29, 0.717) is 24.3 Å². The Hall–Kier alpha value is -2.16. The molecule has 1 aromatic rings. The monoisotopic (exact) mass is 264 g/mol. The van der Waals surface area contributed by atoms with Gasteiger partial charge in [0.25, 0.3) is 0 Å². The Bertz CT molecular complexity index is 503. The van der Waals surface area contributed by atoms with Crippen LogP contribution in [0.2, 0.25) is 0 Å². The second-order valence-electron chi connectivity index (χ2n) is 5.08. The molecule has 3 N–H and O–H groups in total. The van der Waals surface area contributed by atoms with Crippen LogP contribution in [0.3, 0.4) is 0 Å². The molecule has 19 heavy (non-hydrogen) atoms. The largest absolute Gasteiger partial charge is 0.444 e. The Balaban J connectivity index is 2.32. The van der Waals surface area contributed by atoms with Crippen molar-refractivity contribution in [1.82, 2.24) is 15.1 Å². The smallest absolute Gasteiger partial charge is 0.407 e. The first-order valence-corrected chi connectivity index (χ1v) is 6.03. The number of anilines is 1. The number of ether oxygens (including phenoxy) is 1. The zero-order chi connectivity index (χ0) is 14.5. The van der Waals surface area contributed by atoms with Crippen molar-refractivity contribution >= 4 is 11.9 Å². The van der Waals surface area contributed by atoms with Crippen molar-refractivity contribution in [2.45, 2.75) is 32.8 Å². The standard InChI is InChI=1S/C13H20N4O2/c1-13(2,3)19-12(18)15-8-6-5-7-10-9-17(4)16-11(10)14/h9H,6,8H2,1-4H3,(H2,14,16)(H,15,18). The van der Waals surface area contributed by atoms with Crippen LogP contribution in [0.4, 0.5) is 10.6 Å². The van der Waals surface area contributed by atoms with E-state index in [9.17, 15) is 4.79 Å². The van der Waals surface area contributed by atoms with Crippen LogP contribution in [0, 0.1) is 11.8 Å².